The van der Waals surface area contributed by atoms with Gasteiger partial charge in [-0.25, -0.2) is 4.79 Å². The lowest BCUT2D eigenvalue weighted by molar-refractivity contribution is -0.887. The minimum Gasteiger partial charge on any atom is -0.477 e. The third kappa shape index (κ3) is 26.5. The van der Waals surface area contributed by atoms with Crippen LogP contribution < -0.4 is 0 Å². The number of esters is 2. The summed E-state index contributed by atoms with van der Waals surface area (Å²) in [5, 5.41) is 9.50. The van der Waals surface area contributed by atoms with Crippen LogP contribution in [-0.2, 0) is 28.6 Å². The fourth-order valence-corrected chi connectivity index (χ4v) is 5.06. The maximum atomic E-state index is 12.5. The van der Waals surface area contributed by atoms with Crippen molar-refractivity contribution in [1.29, 1.82) is 0 Å². The van der Waals surface area contributed by atoms with Crippen molar-refractivity contribution in [3.63, 3.8) is 0 Å². The Bertz CT molecular complexity index is 747. The lowest BCUT2D eigenvalue weighted by Crippen LogP contribution is -2.50. The van der Waals surface area contributed by atoms with Crippen molar-refractivity contribution in [1.82, 2.24) is 0 Å². The van der Waals surface area contributed by atoms with Crippen LogP contribution in [0.25, 0.3) is 0 Å². The van der Waals surface area contributed by atoms with Crippen LogP contribution in [0.2, 0.25) is 0 Å². The molecule has 0 bridgehead atoms. The van der Waals surface area contributed by atoms with Crippen molar-refractivity contribution in [2.45, 2.75) is 161 Å². The minimum absolute atomic E-state index is 0.0553. The normalized spacial score (nSPS) is 13.2. The molecule has 0 aliphatic rings. The first kappa shape index (κ1) is 42.1. The number of hydrogen-bond acceptors (Lipinski definition) is 6. The van der Waals surface area contributed by atoms with Gasteiger partial charge in [-0.1, -0.05) is 103 Å². The summed E-state index contributed by atoms with van der Waals surface area (Å²) in [7, 11) is 5.49. The molecule has 0 aromatic heterocycles. The maximum absolute atomic E-state index is 12.5. The summed E-state index contributed by atoms with van der Waals surface area (Å²) in [6.07, 6.45) is 26.4. The molecule has 0 aliphatic carbocycles. The molecule has 0 amide bonds. The summed E-state index contributed by atoms with van der Waals surface area (Å²) < 4.78 is 16.9. The molecule has 258 valence electrons. The van der Waals surface area contributed by atoms with Crippen LogP contribution in [0.4, 0.5) is 0 Å². The number of rotatable bonds is 31. The van der Waals surface area contributed by atoms with Crippen molar-refractivity contribution < 1.29 is 38.2 Å². The summed E-state index contributed by atoms with van der Waals surface area (Å²) in [5.74, 6) is -1.51. The van der Waals surface area contributed by atoms with Crippen LogP contribution in [0.15, 0.2) is 12.2 Å². The third-order valence-corrected chi connectivity index (χ3v) is 7.91. The van der Waals surface area contributed by atoms with Gasteiger partial charge in [-0.15, -0.1) is 0 Å². The summed E-state index contributed by atoms with van der Waals surface area (Å²) >= 11 is 0. The first-order chi connectivity index (χ1) is 21.1. The van der Waals surface area contributed by atoms with Crippen molar-refractivity contribution in [3.05, 3.63) is 12.2 Å². The molecule has 0 saturated heterocycles. The maximum Gasteiger partial charge on any atom is 0.362 e. The highest BCUT2D eigenvalue weighted by atomic mass is 16.6. The Morgan fingerprint density at radius 3 is 1.68 bits per heavy atom. The Morgan fingerprint density at radius 1 is 0.659 bits per heavy atom. The average molecular weight is 627 g/mol. The molecule has 8 nitrogen and oxygen atoms in total. The van der Waals surface area contributed by atoms with Crippen LogP contribution in [0.5, 0.6) is 0 Å². The van der Waals surface area contributed by atoms with E-state index in [1.165, 1.54) is 83.5 Å². The quantitative estimate of drug-likeness (QED) is 0.0357. The molecule has 0 radical (unpaired) electrons. The molecule has 44 heavy (non-hydrogen) atoms. The van der Waals surface area contributed by atoms with E-state index in [-0.39, 0.29) is 36.2 Å². The van der Waals surface area contributed by atoms with Crippen LogP contribution >= 0.6 is 0 Å². The summed E-state index contributed by atoms with van der Waals surface area (Å²) in [6.45, 7) is 4.48. The highest BCUT2D eigenvalue weighted by Gasteiger charge is 2.31. The van der Waals surface area contributed by atoms with Gasteiger partial charge < -0.3 is 23.8 Å². The zero-order chi connectivity index (χ0) is 32.9. The molecule has 0 fully saturated rings. The fraction of sp³-hybridized carbons (Fsp3) is 0.861. The van der Waals surface area contributed by atoms with E-state index in [4.69, 9.17) is 14.2 Å². The zero-order valence-corrected chi connectivity index (χ0v) is 29.1. The van der Waals surface area contributed by atoms with E-state index in [0.29, 0.717) is 19.3 Å². The molecule has 0 spiro atoms. The third-order valence-electron chi connectivity index (χ3n) is 7.91. The Hall–Kier alpha value is -1.93. The van der Waals surface area contributed by atoms with Crippen molar-refractivity contribution in [2.24, 2.45) is 0 Å². The topological polar surface area (TPSA) is 99.1 Å². The fourth-order valence-electron chi connectivity index (χ4n) is 5.06. The monoisotopic (exact) mass is 626 g/mol. The standard InChI is InChI=1S/C36H67NO7/c1-6-8-10-11-12-13-14-15-16-17-18-19-20-21-22-23-24-25-27-35(39)44-32(31-43-34(38)26-9-7-2)30-42-29-28-33(36(40)41)37(3,4)5/h16-17,32-33H,6-15,18-31H2,1-5H3/p+1/b17-16-. The highest BCUT2D eigenvalue weighted by molar-refractivity contribution is 5.72. The molecule has 0 saturated carbocycles. The number of likely N-dealkylation sites (N-methyl/N-ethyl adjacent to an activating group) is 1. The number of hydrogen-bond donors (Lipinski definition) is 1. The number of unbranched alkanes of at least 4 members (excludes halogenated alkanes) is 15. The Balaban J connectivity index is 4.12. The zero-order valence-electron chi connectivity index (χ0n) is 29.1. The SMILES string of the molecule is CCCCCCCCC/C=C\CCCCCCCCCC(=O)OC(COCCC(C(=O)O)[N+](C)(C)C)COC(=O)CCCC. The van der Waals surface area contributed by atoms with Gasteiger partial charge in [0.05, 0.1) is 34.4 Å². The Morgan fingerprint density at radius 2 is 1.16 bits per heavy atom. The van der Waals surface area contributed by atoms with E-state index >= 15 is 0 Å². The highest BCUT2D eigenvalue weighted by Crippen LogP contribution is 2.13. The first-order valence-corrected chi connectivity index (χ1v) is 17.7. The summed E-state index contributed by atoms with van der Waals surface area (Å²) in [6, 6.07) is -0.607. The molecule has 8 heteroatoms. The van der Waals surface area contributed by atoms with Gasteiger partial charge in [-0.05, 0) is 38.5 Å². The lowest BCUT2D eigenvalue weighted by Gasteiger charge is -2.31. The molecule has 0 aromatic carbocycles. The van der Waals surface area contributed by atoms with Crippen molar-refractivity contribution in [2.75, 3.05) is 41.0 Å². The molecular weight excluding hydrogens is 558 g/mol. The predicted octanol–water partition coefficient (Wildman–Crippen LogP) is 8.41. The molecule has 1 N–H and O–H groups in total. The second-order valence-electron chi connectivity index (χ2n) is 13.1. The number of allylic oxidation sites excluding steroid dienone is 2. The van der Waals surface area contributed by atoms with Crippen molar-refractivity contribution >= 4 is 17.9 Å². The van der Waals surface area contributed by atoms with Gasteiger partial charge >= 0.3 is 17.9 Å². The van der Waals surface area contributed by atoms with E-state index < -0.39 is 18.1 Å². The Kier molecular flexibility index (Phi) is 27.3. The van der Waals surface area contributed by atoms with Crippen LogP contribution in [0.1, 0.15) is 149 Å². The van der Waals surface area contributed by atoms with Gasteiger partial charge in [0, 0.05) is 19.3 Å². The molecule has 0 aliphatic heterocycles. The van der Waals surface area contributed by atoms with Crippen LogP contribution in [0.3, 0.4) is 0 Å². The minimum atomic E-state index is -0.879. The first-order valence-electron chi connectivity index (χ1n) is 17.7. The number of carbonyl (C=O) groups is 3. The van der Waals surface area contributed by atoms with Gasteiger partial charge in [-0.3, -0.25) is 9.59 Å². The second-order valence-corrected chi connectivity index (χ2v) is 13.1. The number of carbonyl (C=O) groups excluding carboxylic acids is 2. The Labute approximate surface area is 269 Å². The van der Waals surface area contributed by atoms with E-state index in [0.717, 1.165) is 32.1 Å². The second kappa shape index (κ2) is 28.5. The van der Waals surface area contributed by atoms with E-state index in [1.807, 2.05) is 28.1 Å². The molecule has 2 unspecified atom stereocenters. The number of carboxylic acids is 1. The number of carboxylic acid groups (broad SMARTS) is 1. The van der Waals surface area contributed by atoms with Gasteiger partial charge in [0.25, 0.3) is 0 Å². The summed E-state index contributed by atoms with van der Waals surface area (Å²) in [5.41, 5.74) is 0. The molecule has 0 rings (SSSR count). The van der Waals surface area contributed by atoms with Crippen LogP contribution in [0, 0.1) is 0 Å². The molecule has 0 heterocycles. The van der Waals surface area contributed by atoms with E-state index in [1.54, 1.807) is 0 Å². The smallest absolute Gasteiger partial charge is 0.362 e. The van der Waals surface area contributed by atoms with E-state index in [9.17, 15) is 19.5 Å². The molecule has 2 atom stereocenters. The van der Waals surface area contributed by atoms with Crippen LogP contribution in [-0.4, -0.2) is 80.6 Å². The number of aliphatic carboxylic acids is 1. The number of quaternary nitrogens is 1. The predicted molar refractivity (Wildman–Crippen MR) is 179 cm³/mol. The van der Waals surface area contributed by atoms with Gasteiger partial charge in [0.1, 0.15) is 6.61 Å². The molecule has 0 aromatic rings. The largest absolute Gasteiger partial charge is 0.477 e. The summed E-state index contributed by atoms with van der Waals surface area (Å²) in [4.78, 5) is 36.1. The van der Waals surface area contributed by atoms with Gasteiger partial charge in [-0.2, -0.15) is 0 Å². The average Bonchev–Trinajstić information content (AvgIpc) is 2.96. The van der Waals surface area contributed by atoms with Gasteiger partial charge in [0.15, 0.2) is 12.1 Å². The lowest BCUT2D eigenvalue weighted by atomic mass is 10.1. The van der Waals surface area contributed by atoms with Gasteiger partial charge in [0.2, 0.25) is 0 Å². The van der Waals surface area contributed by atoms with E-state index in [2.05, 4.69) is 19.1 Å². The number of nitrogens with zero attached hydrogens (tertiary/aromatic N) is 1. The van der Waals surface area contributed by atoms with Crippen molar-refractivity contribution in [3.8, 4) is 0 Å². The number of ether oxygens (including phenoxy) is 3. The molecular formula is C36H68NO7+.